The van der Waals surface area contributed by atoms with Gasteiger partial charge in [0.15, 0.2) is 0 Å². The van der Waals surface area contributed by atoms with E-state index in [2.05, 4.69) is 5.32 Å². The zero-order valence-corrected chi connectivity index (χ0v) is 12.2. The number of primary sulfonamides is 1. The molecule has 0 aromatic heterocycles. The molecule has 6 nitrogen and oxygen atoms in total. The van der Waals surface area contributed by atoms with Crippen LogP contribution < -0.4 is 10.5 Å². The largest absolute Gasteiger partial charge is 0.368 e. The van der Waals surface area contributed by atoms with Crippen LogP contribution in [0.15, 0.2) is 23.1 Å². The minimum atomic E-state index is -3.80. The Morgan fingerprint density at radius 1 is 1.45 bits per heavy atom. The van der Waals surface area contributed by atoms with Gasteiger partial charge in [-0.05, 0) is 37.0 Å². The lowest BCUT2D eigenvalue weighted by atomic mass is 10.0. The summed E-state index contributed by atoms with van der Waals surface area (Å²) in [7, 11) is -3.80. The van der Waals surface area contributed by atoms with Crippen LogP contribution in [0, 0.1) is 12.8 Å². The maximum absolute atomic E-state index is 12.1. The molecule has 1 heterocycles. The van der Waals surface area contributed by atoms with Gasteiger partial charge < -0.3 is 10.1 Å². The first-order valence-corrected chi connectivity index (χ1v) is 7.90. The van der Waals surface area contributed by atoms with Crippen LogP contribution in [0.25, 0.3) is 0 Å². The van der Waals surface area contributed by atoms with Crippen LogP contribution in [0.3, 0.4) is 0 Å². The van der Waals surface area contributed by atoms with Crippen LogP contribution in [-0.4, -0.2) is 27.0 Å². The molecule has 1 aromatic carbocycles. The van der Waals surface area contributed by atoms with E-state index in [-0.39, 0.29) is 16.7 Å². The summed E-state index contributed by atoms with van der Waals surface area (Å²) < 4.78 is 28.3. The molecule has 110 valence electrons. The van der Waals surface area contributed by atoms with E-state index >= 15 is 0 Å². The molecule has 1 aromatic rings. The van der Waals surface area contributed by atoms with Crippen molar-refractivity contribution >= 4 is 21.6 Å². The van der Waals surface area contributed by atoms with Crippen molar-refractivity contribution in [3.8, 4) is 0 Å². The van der Waals surface area contributed by atoms with Gasteiger partial charge in [0.25, 0.3) is 5.91 Å². The number of rotatable bonds is 3. The van der Waals surface area contributed by atoms with Gasteiger partial charge in [-0.2, -0.15) is 0 Å². The molecule has 2 unspecified atom stereocenters. The topological polar surface area (TPSA) is 98.5 Å². The van der Waals surface area contributed by atoms with E-state index in [9.17, 15) is 13.2 Å². The SMILES string of the molecule is Cc1c(NC(=O)C2OCCC2C)cccc1S(N)(=O)=O. The number of carbonyl (C=O) groups is 1. The number of sulfonamides is 1. The van der Waals surface area contributed by atoms with Crippen molar-refractivity contribution in [3.05, 3.63) is 23.8 Å². The summed E-state index contributed by atoms with van der Waals surface area (Å²) >= 11 is 0. The molecule has 3 N–H and O–H groups in total. The lowest BCUT2D eigenvalue weighted by Gasteiger charge is -2.16. The molecule has 0 saturated carbocycles. The Hall–Kier alpha value is -1.44. The number of hydrogen-bond donors (Lipinski definition) is 2. The molecule has 1 saturated heterocycles. The number of ether oxygens (including phenoxy) is 1. The molecule has 20 heavy (non-hydrogen) atoms. The Bertz CT molecular complexity index is 627. The summed E-state index contributed by atoms with van der Waals surface area (Å²) in [6.45, 7) is 4.12. The van der Waals surface area contributed by atoms with Gasteiger partial charge in [0.05, 0.1) is 4.90 Å². The monoisotopic (exact) mass is 298 g/mol. The molecular weight excluding hydrogens is 280 g/mol. The normalized spacial score (nSPS) is 22.8. The Balaban J connectivity index is 2.24. The maximum atomic E-state index is 12.1. The summed E-state index contributed by atoms with van der Waals surface area (Å²) in [4.78, 5) is 12.1. The third-order valence-electron chi connectivity index (χ3n) is 3.49. The molecular formula is C13H18N2O4S. The van der Waals surface area contributed by atoms with Gasteiger partial charge in [-0.1, -0.05) is 13.0 Å². The molecule has 1 aliphatic heterocycles. The molecule has 0 radical (unpaired) electrons. The van der Waals surface area contributed by atoms with Crippen molar-refractivity contribution in [2.75, 3.05) is 11.9 Å². The summed E-state index contributed by atoms with van der Waals surface area (Å²) in [5, 5.41) is 7.85. The number of nitrogens with one attached hydrogen (secondary N) is 1. The van der Waals surface area contributed by atoms with E-state index in [4.69, 9.17) is 9.88 Å². The van der Waals surface area contributed by atoms with Crippen molar-refractivity contribution in [3.63, 3.8) is 0 Å². The molecule has 0 bridgehead atoms. The minimum absolute atomic E-state index is 0.00990. The molecule has 2 atom stereocenters. The lowest BCUT2D eigenvalue weighted by Crippen LogP contribution is -2.31. The summed E-state index contributed by atoms with van der Waals surface area (Å²) in [5.41, 5.74) is 0.859. The molecule has 0 aliphatic carbocycles. The van der Waals surface area contributed by atoms with E-state index in [1.54, 1.807) is 19.1 Å². The van der Waals surface area contributed by atoms with Gasteiger partial charge in [0, 0.05) is 12.3 Å². The fourth-order valence-corrected chi connectivity index (χ4v) is 3.10. The van der Waals surface area contributed by atoms with Crippen LogP contribution in [0.2, 0.25) is 0 Å². The summed E-state index contributed by atoms with van der Waals surface area (Å²) in [6.07, 6.45) is 0.349. The molecule has 7 heteroatoms. The first-order valence-electron chi connectivity index (χ1n) is 6.35. The smallest absolute Gasteiger partial charge is 0.253 e. The number of carbonyl (C=O) groups excluding carboxylic acids is 1. The number of benzene rings is 1. The van der Waals surface area contributed by atoms with Gasteiger partial charge in [-0.15, -0.1) is 0 Å². The van der Waals surface area contributed by atoms with E-state index < -0.39 is 16.1 Å². The van der Waals surface area contributed by atoms with E-state index in [1.807, 2.05) is 6.92 Å². The molecule has 0 spiro atoms. The molecule has 1 amide bonds. The van der Waals surface area contributed by atoms with Gasteiger partial charge in [0.2, 0.25) is 10.0 Å². The maximum Gasteiger partial charge on any atom is 0.253 e. The van der Waals surface area contributed by atoms with E-state index in [0.29, 0.717) is 17.9 Å². The number of nitrogens with two attached hydrogens (primary N) is 1. The first kappa shape index (κ1) is 15.0. The van der Waals surface area contributed by atoms with Crippen molar-refractivity contribution in [1.29, 1.82) is 0 Å². The number of amides is 1. The van der Waals surface area contributed by atoms with Crippen molar-refractivity contribution in [2.45, 2.75) is 31.3 Å². The lowest BCUT2D eigenvalue weighted by molar-refractivity contribution is -0.126. The van der Waals surface area contributed by atoms with Crippen LogP contribution >= 0.6 is 0 Å². The number of anilines is 1. The van der Waals surface area contributed by atoms with Crippen LogP contribution in [0.5, 0.6) is 0 Å². The predicted molar refractivity (Wildman–Crippen MR) is 74.7 cm³/mol. The van der Waals surface area contributed by atoms with E-state index in [0.717, 1.165) is 6.42 Å². The predicted octanol–water partition coefficient (Wildman–Crippen LogP) is 1.01. The second kappa shape index (κ2) is 5.51. The van der Waals surface area contributed by atoms with Crippen molar-refractivity contribution < 1.29 is 17.9 Å². The Labute approximate surface area is 118 Å². The highest BCUT2D eigenvalue weighted by Gasteiger charge is 2.31. The van der Waals surface area contributed by atoms with Gasteiger partial charge >= 0.3 is 0 Å². The van der Waals surface area contributed by atoms with Crippen LogP contribution in [-0.2, 0) is 19.6 Å². The molecule has 1 fully saturated rings. The standard InChI is InChI=1S/C13H18N2O4S/c1-8-6-7-19-12(8)13(16)15-10-4-3-5-11(9(10)2)20(14,17)18/h3-5,8,12H,6-7H2,1-2H3,(H,15,16)(H2,14,17,18). The number of hydrogen-bond acceptors (Lipinski definition) is 4. The average molecular weight is 298 g/mol. The third kappa shape index (κ3) is 3.00. The summed E-state index contributed by atoms with van der Waals surface area (Å²) in [6, 6.07) is 4.60. The van der Waals surface area contributed by atoms with Gasteiger partial charge in [-0.3, -0.25) is 4.79 Å². The third-order valence-corrected chi connectivity index (χ3v) is 4.55. The van der Waals surface area contributed by atoms with Gasteiger partial charge in [0.1, 0.15) is 6.10 Å². The minimum Gasteiger partial charge on any atom is -0.368 e. The highest BCUT2D eigenvalue weighted by atomic mass is 32.2. The van der Waals surface area contributed by atoms with E-state index in [1.165, 1.54) is 6.07 Å². The molecule has 1 aliphatic rings. The Morgan fingerprint density at radius 2 is 2.15 bits per heavy atom. The fraction of sp³-hybridized carbons (Fsp3) is 0.462. The zero-order valence-electron chi connectivity index (χ0n) is 11.4. The van der Waals surface area contributed by atoms with Crippen molar-refractivity contribution in [2.24, 2.45) is 11.1 Å². The highest BCUT2D eigenvalue weighted by molar-refractivity contribution is 7.89. The van der Waals surface area contributed by atoms with Crippen molar-refractivity contribution in [1.82, 2.24) is 0 Å². The summed E-state index contributed by atoms with van der Waals surface area (Å²) in [5.74, 6) is -0.110. The molecule has 2 rings (SSSR count). The average Bonchev–Trinajstić information content (AvgIpc) is 2.76. The second-order valence-electron chi connectivity index (χ2n) is 5.02. The van der Waals surface area contributed by atoms with Crippen LogP contribution in [0.4, 0.5) is 5.69 Å². The zero-order chi connectivity index (χ0) is 14.9. The first-order chi connectivity index (χ1) is 9.30. The Morgan fingerprint density at radius 3 is 2.70 bits per heavy atom. The Kier molecular flexibility index (Phi) is 4.12. The van der Waals surface area contributed by atoms with Crippen LogP contribution in [0.1, 0.15) is 18.9 Å². The highest BCUT2D eigenvalue weighted by Crippen LogP contribution is 2.25. The van der Waals surface area contributed by atoms with Gasteiger partial charge in [-0.25, -0.2) is 13.6 Å². The quantitative estimate of drug-likeness (QED) is 0.870. The fourth-order valence-electron chi connectivity index (χ4n) is 2.29. The second-order valence-corrected chi connectivity index (χ2v) is 6.55.